The average molecular weight is 347 g/mol. The van der Waals surface area contributed by atoms with Gasteiger partial charge in [0.25, 0.3) is 0 Å². The number of hydrogen-bond donors (Lipinski definition) is 1. The molecule has 6 nitrogen and oxygen atoms in total. The Morgan fingerprint density at radius 2 is 1.87 bits per heavy atom. The minimum absolute atomic E-state index is 0. The van der Waals surface area contributed by atoms with E-state index in [9.17, 15) is 4.79 Å². The fourth-order valence-electron chi connectivity index (χ4n) is 3.48. The third-order valence-electron chi connectivity index (χ3n) is 5.18. The number of amides is 1. The van der Waals surface area contributed by atoms with Crippen LogP contribution in [0.2, 0.25) is 0 Å². The summed E-state index contributed by atoms with van der Waals surface area (Å²) in [5.41, 5.74) is 0. The molecule has 3 rings (SSSR count). The summed E-state index contributed by atoms with van der Waals surface area (Å²) < 4.78 is 5.93. The van der Waals surface area contributed by atoms with Crippen LogP contribution in [0.4, 0.5) is 0 Å². The number of hydrogen-bond acceptors (Lipinski definition) is 5. The fourth-order valence-corrected chi connectivity index (χ4v) is 3.48. The van der Waals surface area contributed by atoms with Crippen molar-refractivity contribution in [1.29, 1.82) is 0 Å². The monoisotopic (exact) mass is 346 g/mol. The van der Waals surface area contributed by atoms with E-state index in [4.69, 9.17) is 4.74 Å². The molecule has 1 N–H and O–H groups in total. The van der Waals surface area contributed by atoms with Crippen molar-refractivity contribution in [3.05, 3.63) is 0 Å². The zero-order chi connectivity index (χ0) is 15.5. The van der Waals surface area contributed by atoms with E-state index in [2.05, 4.69) is 29.0 Å². The average Bonchev–Trinajstić information content (AvgIpc) is 2.46. The Hall–Kier alpha value is -0.400. The minimum atomic E-state index is 0. The number of carbonyl (C=O) groups excluding carboxylic acids is 1. The molecule has 3 aliphatic heterocycles. The van der Waals surface area contributed by atoms with Crippen LogP contribution in [0.25, 0.3) is 0 Å². The van der Waals surface area contributed by atoms with E-state index >= 15 is 0 Å². The lowest BCUT2D eigenvalue weighted by atomic mass is 10.0. The topological polar surface area (TPSA) is 48.1 Å². The fraction of sp³-hybridized carbons (Fsp3) is 0.938. The second-order valence-electron chi connectivity index (χ2n) is 7.06. The molecular weight excluding hydrogens is 316 g/mol. The van der Waals surface area contributed by atoms with Crippen molar-refractivity contribution in [1.82, 2.24) is 20.0 Å². The van der Waals surface area contributed by atoms with Crippen LogP contribution in [-0.4, -0.2) is 98.3 Å². The van der Waals surface area contributed by atoms with Gasteiger partial charge < -0.3 is 15.0 Å². The Kier molecular flexibility index (Phi) is 7.10. The molecule has 3 saturated heterocycles. The molecule has 0 aromatic rings. The normalized spacial score (nSPS) is 27.6. The van der Waals surface area contributed by atoms with Gasteiger partial charge in [-0.2, -0.15) is 0 Å². The Labute approximate surface area is 145 Å². The highest BCUT2D eigenvalue weighted by Gasteiger charge is 2.32. The Bertz CT molecular complexity index is 384. The maximum absolute atomic E-state index is 12.2. The highest BCUT2D eigenvalue weighted by atomic mass is 35.5. The van der Waals surface area contributed by atoms with Gasteiger partial charge in [0.1, 0.15) is 0 Å². The van der Waals surface area contributed by atoms with Crippen molar-refractivity contribution < 1.29 is 9.53 Å². The van der Waals surface area contributed by atoms with Crippen molar-refractivity contribution in [3.63, 3.8) is 0 Å². The lowest BCUT2D eigenvalue weighted by molar-refractivity contribution is -0.139. The first-order valence-electron chi connectivity index (χ1n) is 8.71. The molecule has 1 atom stereocenters. The van der Waals surface area contributed by atoms with E-state index in [0.717, 1.165) is 65.5 Å². The Balaban J connectivity index is 0.00000192. The standard InChI is InChI=1S/C16H30N4O2.ClH/c1-13(2)20-7-8-22-15(12-20)11-18-3-5-19(6-4-18)16(21)14-9-17-10-14;/h13-15,17H,3-12H2,1-2H3;1H. The summed E-state index contributed by atoms with van der Waals surface area (Å²) in [5, 5.41) is 3.18. The minimum Gasteiger partial charge on any atom is -0.374 e. The van der Waals surface area contributed by atoms with E-state index in [-0.39, 0.29) is 18.3 Å². The maximum Gasteiger partial charge on any atom is 0.228 e. The number of carbonyl (C=O) groups is 1. The van der Waals surface area contributed by atoms with Gasteiger partial charge in [-0.15, -0.1) is 12.4 Å². The predicted molar refractivity (Wildman–Crippen MR) is 93.1 cm³/mol. The van der Waals surface area contributed by atoms with Crippen molar-refractivity contribution in [3.8, 4) is 0 Å². The van der Waals surface area contributed by atoms with Crippen molar-refractivity contribution >= 4 is 18.3 Å². The van der Waals surface area contributed by atoms with E-state index in [1.54, 1.807) is 0 Å². The molecule has 0 aromatic heterocycles. The third kappa shape index (κ3) is 4.79. The lowest BCUT2D eigenvalue weighted by Crippen LogP contribution is -2.58. The number of nitrogens with one attached hydrogen (secondary N) is 1. The number of morpholine rings is 1. The van der Waals surface area contributed by atoms with Gasteiger partial charge >= 0.3 is 0 Å². The molecular formula is C16H31ClN4O2. The first kappa shape index (κ1) is 18.9. The van der Waals surface area contributed by atoms with Gasteiger partial charge in [-0.1, -0.05) is 0 Å². The summed E-state index contributed by atoms with van der Waals surface area (Å²) in [6, 6.07) is 0.594. The van der Waals surface area contributed by atoms with E-state index in [0.29, 0.717) is 18.1 Å². The van der Waals surface area contributed by atoms with Gasteiger partial charge in [-0.05, 0) is 13.8 Å². The lowest BCUT2D eigenvalue weighted by Gasteiger charge is -2.41. The summed E-state index contributed by atoms with van der Waals surface area (Å²) in [7, 11) is 0. The van der Waals surface area contributed by atoms with Crippen LogP contribution >= 0.6 is 12.4 Å². The van der Waals surface area contributed by atoms with Crippen LogP contribution in [0.5, 0.6) is 0 Å². The largest absolute Gasteiger partial charge is 0.374 e. The molecule has 134 valence electrons. The molecule has 0 aromatic carbocycles. The molecule has 23 heavy (non-hydrogen) atoms. The Morgan fingerprint density at radius 3 is 2.43 bits per heavy atom. The van der Waals surface area contributed by atoms with Gasteiger partial charge in [-0.3, -0.25) is 14.6 Å². The smallest absolute Gasteiger partial charge is 0.228 e. The van der Waals surface area contributed by atoms with E-state index in [1.807, 2.05) is 4.90 Å². The van der Waals surface area contributed by atoms with Gasteiger partial charge in [0.15, 0.2) is 0 Å². The zero-order valence-corrected chi connectivity index (χ0v) is 15.2. The molecule has 1 amide bonds. The quantitative estimate of drug-likeness (QED) is 0.769. The molecule has 0 aliphatic carbocycles. The highest BCUT2D eigenvalue weighted by molar-refractivity contribution is 5.85. The first-order chi connectivity index (χ1) is 10.6. The van der Waals surface area contributed by atoms with Crippen LogP contribution in [-0.2, 0) is 9.53 Å². The van der Waals surface area contributed by atoms with Crippen LogP contribution in [0.15, 0.2) is 0 Å². The van der Waals surface area contributed by atoms with Crippen molar-refractivity contribution in [2.75, 3.05) is 65.5 Å². The van der Waals surface area contributed by atoms with Gasteiger partial charge in [0.2, 0.25) is 5.91 Å². The number of nitrogens with zero attached hydrogens (tertiary/aromatic N) is 3. The SMILES string of the molecule is CC(C)N1CCOC(CN2CCN(C(=O)C3CNC3)CC2)C1.Cl. The van der Waals surface area contributed by atoms with E-state index < -0.39 is 0 Å². The second-order valence-corrected chi connectivity index (χ2v) is 7.06. The van der Waals surface area contributed by atoms with E-state index in [1.165, 1.54) is 0 Å². The van der Waals surface area contributed by atoms with Crippen LogP contribution in [0, 0.1) is 5.92 Å². The number of halogens is 1. The molecule has 0 bridgehead atoms. The number of rotatable bonds is 4. The zero-order valence-electron chi connectivity index (χ0n) is 14.4. The van der Waals surface area contributed by atoms with Gasteiger partial charge in [0.05, 0.1) is 18.6 Å². The molecule has 0 radical (unpaired) electrons. The van der Waals surface area contributed by atoms with Crippen LogP contribution in [0.3, 0.4) is 0 Å². The van der Waals surface area contributed by atoms with Gasteiger partial charge in [0, 0.05) is 64.9 Å². The molecule has 3 aliphatic rings. The molecule has 3 fully saturated rings. The molecule has 7 heteroatoms. The summed E-state index contributed by atoms with van der Waals surface area (Å²) in [4.78, 5) is 19.2. The highest BCUT2D eigenvalue weighted by Crippen LogP contribution is 2.14. The number of ether oxygens (including phenoxy) is 1. The maximum atomic E-state index is 12.2. The van der Waals surface area contributed by atoms with Crippen molar-refractivity contribution in [2.24, 2.45) is 5.92 Å². The second kappa shape index (κ2) is 8.62. The summed E-state index contributed by atoms with van der Waals surface area (Å²) in [5.74, 6) is 0.575. The summed E-state index contributed by atoms with van der Waals surface area (Å²) >= 11 is 0. The summed E-state index contributed by atoms with van der Waals surface area (Å²) in [6.45, 7) is 13.8. The van der Waals surface area contributed by atoms with Crippen LogP contribution < -0.4 is 5.32 Å². The number of piperazine rings is 1. The van der Waals surface area contributed by atoms with Crippen molar-refractivity contribution in [2.45, 2.75) is 26.0 Å². The molecule has 1 unspecified atom stereocenters. The summed E-state index contributed by atoms with van der Waals surface area (Å²) in [6.07, 6.45) is 0.314. The molecule has 3 heterocycles. The predicted octanol–water partition coefficient (Wildman–Crippen LogP) is -0.119. The molecule has 0 saturated carbocycles. The molecule has 0 spiro atoms. The van der Waals surface area contributed by atoms with Crippen LogP contribution in [0.1, 0.15) is 13.8 Å². The first-order valence-corrected chi connectivity index (χ1v) is 8.71. The van der Waals surface area contributed by atoms with Gasteiger partial charge in [-0.25, -0.2) is 0 Å². The Morgan fingerprint density at radius 1 is 1.17 bits per heavy atom. The third-order valence-corrected chi connectivity index (χ3v) is 5.18.